The molecule has 2 aromatic carbocycles. The number of nitro groups is 1. The van der Waals surface area contributed by atoms with Crippen LogP contribution in [0.1, 0.15) is 11.3 Å². The number of hydrogen-bond donors (Lipinski definition) is 0. The lowest BCUT2D eigenvalue weighted by atomic mass is 10.1. The van der Waals surface area contributed by atoms with Crippen LogP contribution in [0.15, 0.2) is 66.9 Å². The number of non-ortho nitro benzene ring substituents is 1. The van der Waals surface area contributed by atoms with Crippen LogP contribution in [-0.2, 0) is 13.5 Å². The van der Waals surface area contributed by atoms with Crippen LogP contribution in [0, 0.1) is 10.1 Å². The van der Waals surface area contributed by atoms with Crippen molar-refractivity contribution in [3.63, 3.8) is 0 Å². The average Bonchev–Trinajstić information content (AvgIpc) is 2.89. The molecule has 0 unspecified atom stereocenters. The van der Waals surface area contributed by atoms with Gasteiger partial charge in [0.05, 0.1) is 4.92 Å². The second-order valence-electron chi connectivity index (χ2n) is 5.30. The molecule has 0 fully saturated rings. The molecule has 0 saturated carbocycles. The Hall–Kier alpha value is -2.88. The molecule has 0 N–H and O–H groups in total. The molecular weight excluding hydrogens is 276 g/mol. The lowest BCUT2D eigenvalue weighted by Gasteiger charge is -2.02. The molecule has 0 atom stereocenters. The lowest BCUT2D eigenvalue weighted by molar-refractivity contribution is -0.384. The molecular formula is C18H16N2O2. The second kappa shape index (κ2) is 5.85. The maximum absolute atomic E-state index is 10.7. The van der Waals surface area contributed by atoms with Crippen LogP contribution in [0.25, 0.3) is 11.1 Å². The smallest absolute Gasteiger partial charge is 0.269 e. The van der Waals surface area contributed by atoms with Gasteiger partial charge in [0.15, 0.2) is 0 Å². The fraction of sp³-hybridized carbons (Fsp3) is 0.111. The topological polar surface area (TPSA) is 48.1 Å². The van der Waals surface area contributed by atoms with Crippen LogP contribution < -0.4 is 0 Å². The maximum atomic E-state index is 10.7. The number of hydrogen-bond acceptors (Lipinski definition) is 2. The normalized spacial score (nSPS) is 10.6. The quantitative estimate of drug-likeness (QED) is 0.534. The summed E-state index contributed by atoms with van der Waals surface area (Å²) in [5.41, 5.74) is 4.64. The summed E-state index contributed by atoms with van der Waals surface area (Å²) in [5.74, 6) is 0. The minimum Gasteiger partial charge on any atom is -0.353 e. The van der Waals surface area contributed by atoms with Crippen LogP contribution >= 0.6 is 0 Å². The number of aromatic nitrogens is 1. The Morgan fingerprint density at radius 2 is 1.68 bits per heavy atom. The van der Waals surface area contributed by atoms with Crippen LogP contribution in [0.3, 0.4) is 0 Å². The number of rotatable bonds is 4. The van der Waals surface area contributed by atoms with E-state index in [1.165, 1.54) is 11.3 Å². The first-order chi connectivity index (χ1) is 10.6. The molecule has 4 heteroatoms. The highest BCUT2D eigenvalue weighted by Crippen LogP contribution is 2.25. The van der Waals surface area contributed by atoms with Crippen molar-refractivity contribution in [2.24, 2.45) is 7.05 Å². The van der Waals surface area contributed by atoms with Crippen molar-refractivity contribution >= 4 is 5.69 Å². The van der Waals surface area contributed by atoms with Gasteiger partial charge in [0.1, 0.15) is 0 Å². The van der Waals surface area contributed by atoms with Crippen molar-refractivity contribution in [1.29, 1.82) is 0 Å². The Balaban J connectivity index is 1.87. The number of nitro benzene ring substituents is 1. The predicted molar refractivity (Wildman–Crippen MR) is 86.8 cm³/mol. The van der Waals surface area contributed by atoms with Gasteiger partial charge in [-0.05, 0) is 34.9 Å². The van der Waals surface area contributed by atoms with E-state index in [-0.39, 0.29) is 10.6 Å². The lowest BCUT2D eigenvalue weighted by Crippen LogP contribution is -1.95. The van der Waals surface area contributed by atoms with Gasteiger partial charge >= 0.3 is 0 Å². The Bertz CT molecular complexity index is 790. The Morgan fingerprint density at radius 3 is 2.32 bits per heavy atom. The van der Waals surface area contributed by atoms with Crippen LogP contribution in [0.2, 0.25) is 0 Å². The van der Waals surface area contributed by atoms with E-state index < -0.39 is 0 Å². The number of benzene rings is 2. The van der Waals surface area contributed by atoms with E-state index in [1.54, 1.807) is 24.3 Å². The molecule has 1 aromatic heterocycles. The van der Waals surface area contributed by atoms with Gasteiger partial charge < -0.3 is 4.57 Å². The second-order valence-corrected chi connectivity index (χ2v) is 5.30. The van der Waals surface area contributed by atoms with E-state index in [9.17, 15) is 10.1 Å². The van der Waals surface area contributed by atoms with Gasteiger partial charge in [-0.1, -0.05) is 30.3 Å². The summed E-state index contributed by atoms with van der Waals surface area (Å²) in [7, 11) is 2.02. The fourth-order valence-corrected chi connectivity index (χ4v) is 2.52. The van der Waals surface area contributed by atoms with Crippen molar-refractivity contribution in [2.45, 2.75) is 6.42 Å². The largest absolute Gasteiger partial charge is 0.353 e. The van der Waals surface area contributed by atoms with Gasteiger partial charge in [-0.25, -0.2) is 0 Å². The van der Waals surface area contributed by atoms with Crippen molar-refractivity contribution in [2.75, 3.05) is 0 Å². The molecule has 0 spiro atoms. The van der Waals surface area contributed by atoms with E-state index in [0.717, 1.165) is 17.5 Å². The first-order valence-electron chi connectivity index (χ1n) is 7.07. The van der Waals surface area contributed by atoms with Gasteiger partial charge in [0, 0.05) is 37.5 Å². The average molecular weight is 292 g/mol. The van der Waals surface area contributed by atoms with Crippen molar-refractivity contribution in [3.05, 3.63) is 88.2 Å². The number of nitrogens with zero attached hydrogens (tertiary/aromatic N) is 2. The highest BCUT2D eigenvalue weighted by Gasteiger charge is 2.09. The minimum absolute atomic E-state index is 0.115. The molecule has 0 radical (unpaired) electrons. The van der Waals surface area contributed by atoms with Gasteiger partial charge in [0.25, 0.3) is 5.69 Å². The zero-order chi connectivity index (χ0) is 15.5. The summed E-state index contributed by atoms with van der Waals surface area (Å²) < 4.78 is 2.10. The molecule has 0 aliphatic heterocycles. The summed E-state index contributed by atoms with van der Waals surface area (Å²) >= 11 is 0. The molecule has 1 heterocycles. The van der Waals surface area contributed by atoms with Gasteiger partial charge in [-0.2, -0.15) is 0 Å². The molecule has 0 saturated heterocycles. The highest BCUT2D eigenvalue weighted by atomic mass is 16.6. The molecule has 4 nitrogen and oxygen atoms in total. The predicted octanol–water partition coefficient (Wildman–Crippen LogP) is 4.19. The Kier molecular flexibility index (Phi) is 3.74. The monoisotopic (exact) mass is 292 g/mol. The standard InChI is InChI=1S/C18H16N2O2/c1-19-13-16(15-7-9-17(10-8-15)20(21)22)12-18(19)11-14-5-3-2-4-6-14/h2-10,12-13H,11H2,1H3. The molecule has 3 aromatic rings. The zero-order valence-electron chi connectivity index (χ0n) is 12.3. The molecule has 0 aliphatic rings. The molecule has 3 rings (SSSR count). The first-order valence-corrected chi connectivity index (χ1v) is 7.07. The fourth-order valence-electron chi connectivity index (χ4n) is 2.52. The third kappa shape index (κ3) is 2.91. The Labute approximate surface area is 128 Å². The SMILES string of the molecule is Cn1cc(-c2ccc([N+](=O)[O-])cc2)cc1Cc1ccccc1. The molecule has 22 heavy (non-hydrogen) atoms. The molecule has 0 aliphatic carbocycles. The van der Waals surface area contributed by atoms with Crippen LogP contribution in [0.5, 0.6) is 0 Å². The van der Waals surface area contributed by atoms with Crippen molar-refractivity contribution < 1.29 is 4.92 Å². The third-order valence-electron chi connectivity index (χ3n) is 3.75. The molecule has 110 valence electrons. The van der Waals surface area contributed by atoms with Gasteiger partial charge in [-0.15, -0.1) is 0 Å². The van der Waals surface area contributed by atoms with Crippen LogP contribution in [0.4, 0.5) is 5.69 Å². The van der Waals surface area contributed by atoms with E-state index in [2.05, 4.69) is 29.0 Å². The van der Waals surface area contributed by atoms with E-state index in [0.29, 0.717) is 0 Å². The maximum Gasteiger partial charge on any atom is 0.269 e. The summed E-state index contributed by atoms with van der Waals surface area (Å²) in [6.45, 7) is 0. The van der Waals surface area contributed by atoms with E-state index in [4.69, 9.17) is 0 Å². The Morgan fingerprint density at radius 1 is 1.00 bits per heavy atom. The number of aryl methyl sites for hydroxylation is 1. The molecule has 0 amide bonds. The van der Waals surface area contributed by atoms with Gasteiger partial charge in [-0.3, -0.25) is 10.1 Å². The van der Waals surface area contributed by atoms with E-state index in [1.807, 2.05) is 25.2 Å². The summed E-state index contributed by atoms with van der Waals surface area (Å²) in [5, 5.41) is 10.7. The molecule has 0 bridgehead atoms. The summed E-state index contributed by atoms with van der Waals surface area (Å²) in [4.78, 5) is 10.3. The van der Waals surface area contributed by atoms with Crippen LogP contribution in [-0.4, -0.2) is 9.49 Å². The first kappa shape index (κ1) is 14.1. The highest BCUT2D eigenvalue weighted by molar-refractivity contribution is 5.65. The minimum atomic E-state index is -0.379. The van der Waals surface area contributed by atoms with Crippen molar-refractivity contribution in [3.8, 4) is 11.1 Å². The van der Waals surface area contributed by atoms with Gasteiger partial charge in [0.2, 0.25) is 0 Å². The zero-order valence-corrected chi connectivity index (χ0v) is 12.3. The summed E-state index contributed by atoms with van der Waals surface area (Å²) in [6.07, 6.45) is 2.92. The third-order valence-corrected chi connectivity index (χ3v) is 3.75. The van der Waals surface area contributed by atoms with E-state index >= 15 is 0 Å². The summed E-state index contributed by atoms with van der Waals surface area (Å²) in [6, 6.07) is 19.1. The van der Waals surface area contributed by atoms with Crippen molar-refractivity contribution in [1.82, 2.24) is 4.57 Å².